The molecule has 2 rings (SSSR count). The van der Waals surface area contributed by atoms with Crippen molar-refractivity contribution in [2.45, 2.75) is 65.1 Å². The lowest BCUT2D eigenvalue weighted by molar-refractivity contribution is -0.122. The maximum Gasteiger partial charge on any atom is 0.224 e. The molecule has 0 heterocycles. The van der Waals surface area contributed by atoms with E-state index in [4.69, 9.17) is 0 Å². The lowest BCUT2D eigenvalue weighted by Crippen LogP contribution is -2.46. The fourth-order valence-electron chi connectivity index (χ4n) is 3.69. The Morgan fingerprint density at radius 2 is 1.58 bits per heavy atom. The molecule has 182 valence electrons. The van der Waals surface area contributed by atoms with Crippen LogP contribution in [-0.4, -0.2) is 51.1 Å². The first-order valence-electron chi connectivity index (χ1n) is 11.2. The molecule has 6 N–H and O–H groups in total. The monoisotopic (exact) mass is 458 g/mol. The van der Waals surface area contributed by atoms with Gasteiger partial charge >= 0.3 is 0 Å². The van der Waals surface area contributed by atoms with E-state index in [9.17, 15) is 25.2 Å². The van der Waals surface area contributed by atoms with Crippen molar-refractivity contribution in [2.24, 2.45) is 5.41 Å². The molecule has 0 bridgehead atoms. The number of hydrogen-bond acceptors (Lipinski definition) is 6. The number of phenolic OH excluding ortho intramolecular Hbond substituents is 2. The number of hydrogen-bond donors (Lipinski definition) is 6. The van der Waals surface area contributed by atoms with Crippen LogP contribution in [0.2, 0.25) is 0 Å². The van der Waals surface area contributed by atoms with Crippen LogP contribution in [0.25, 0.3) is 0 Å². The molecule has 2 aromatic rings. The smallest absolute Gasteiger partial charge is 0.224 e. The van der Waals surface area contributed by atoms with E-state index in [-0.39, 0.29) is 54.0 Å². The van der Waals surface area contributed by atoms with E-state index in [1.165, 1.54) is 18.2 Å². The molecule has 2 aromatic carbocycles. The summed E-state index contributed by atoms with van der Waals surface area (Å²) in [5.74, 6) is -0.329. The van der Waals surface area contributed by atoms with Crippen LogP contribution in [0.1, 0.15) is 57.4 Å². The molecule has 0 aliphatic rings. The predicted molar refractivity (Wildman–Crippen MR) is 129 cm³/mol. The number of carbonyl (C=O) groups is 1. The van der Waals surface area contributed by atoms with Crippen LogP contribution in [0, 0.1) is 5.41 Å². The first-order valence-corrected chi connectivity index (χ1v) is 11.2. The highest BCUT2D eigenvalue weighted by Gasteiger charge is 2.25. The van der Waals surface area contributed by atoms with Crippen molar-refractivity contribution in [3.8, 4) is 11.5 Å². The number of aliphatic hydroxyl groups is 2. The first kappa shape index (κ1) is 26.6. The zero-order valence-corrected chi connectivity index (χ0v) is 20.2. The van der Waals surface area contributed by atoms with Crippen LogP contribution in [0.4, 0.5) is 0 Å². The second-order valence-electron chi connectivity index (χ2n) is 10.4. The number of benzene rings is 2. The van der Waals surface area contributed by atoms with Crippen molar-refractivity contribution >= 4 is 5.91 Å². The number of β-amino-alcohol motifs (C(OH)–C–C–N with tert-alkyl or cyclic N) is 1. The van der Waals surface area contributed by atoms with Gasteiger partial charge in [-0.25, -0.2) is 0 Å². The van der Waals surface area contributed by atoms with Gasteiger partial charge in [0.25, 0.3) is 0 Å². The Bertz CT molecular complexity index is 916. The molecule has 0 spiro atoms. The number of phenols is 2. The molecule has 0 saturated heterocycles. The van der Waals surface area contributed by atoms with E-state index in [0.717, 1.165) is 11.1 Å². The minimum atomic E-state index is -0.889. The third-order valence-electron chi connectivity index (χ3n) is 5.65. The summed E-state index contributed by atoms with van der Waals surface area (Å²) in [6.07, 6.45) is 0.00925. The highest BCUT2D eigenvalue weighted by Crippen LogP contribution is 2.25. The second-order valence-corrected chi connectivity index (χ2v) is 10.4. The Labute approximate surface area is 196 Å². The number of carbonyl (C=O) groups excluding carboxylic acids is 1. The zero-order chi connectivity index (χ0) is 24.8. The molecule has 1 unspecified atom stereocenters. The molecule has 0 fully saturated rings. The standard InChI is InChI=1S/C26H38N2O5/c1-25(2,3)23(16-29)28-24(33)10-17-7-6-8-18(9-17)14-26(4,5)27-15-22(32)19-11-20(30)13-21(31)12-19/h6-9,11-13,22-23,27,29-32H,10,14-16H2,1-5H3,(H,28,33)/t22?,23-/m1/s1. The summed E-state index contributed by atoms with van der Waals surface area (Å²) in [5.41, 5.74) is 1.79. The van der Waals surface area contributed by atoms with E-state index in [1.807, 2.05) is 58.9 Å². The normalized spacial score (nSPS) is 14.0. The van der Waals surface area contributed by atoms with Crippen molar-refractivity contribution in [2.75, 3.05) is 13.2 Å². The molecule has 1 amide bonds. The largest absolute Gasteiger partial charge is 0.508 e. The van der Waals surface area contributed by atoms with Crippen molar-refractivity contribution in [3.05, 3.63) is 59.2 Å². The molecular formula is C26H38N2O5. The van der Waals surface area contributed by atoms with Gasteiger partial charge in [0.15, 0.2) is 0 Å². The first-order chi connectivity index (χ1) is 15.3. The molecule has 7 heteroatoms. The van der Waals surface area contributed by atoms with Crippen LogP contribution in [0.3, 0.4) is 0 Å². The molecule has 7 nitrogen and oxygen atoms in total. The fourth-order valence-corrected chi connectivity index (χ4v) is 3.69. The van der Waals surface area contributed by atoms with Crippen molar-refractivity contribution in [1.29, 1.82) is 0 Å². The minimum Gasteiger partial charge on any atom is -0.508 e. The molecule has 0 radical (unpaired) electrons. The van der Waals surface area contributed by atoms with Crippen molar-refractivity contribution in [1.82, 2.24) is 10.6 Å². The number of rotatable bonds is 10. The summed E-state index contributed by atoms with van der Waals surface area (Å²) < 4.78 is 0. The number of amides is 1. The number of nitrogens with one attached hydrogen (secondary N) is 2. The van der Waals surface area contributed by atoms with E-state index >= 15 is 0 Å². The third-order valence-corrected chi connectivity index (χ3v) is 5.65. The summed E-state index contributed by atoms with van der Waals surface area (Å²) in [6, 6.07) is 11.6. The summed E-state index contributed by atoms with van der Waals surface area (Å²) in [6.45, 7) is 10.1. The Morgan fingerprint density at radius 1 is 0.970 bits per heavy atom. The van der Waals surface area contributed by atoms with Crippen LogP contribution in [-0.2, 0) is 17.6 Å². The van der Waals surface area contributed by atoms with Gasteiger partial charge in [0.05, 0.1) is 25.2 Å². The molecule has 0 aromatic heterocycles. The zero-order valence-electron chi connectivity index (χ0n) is 20.2. The minimum absolute atomic E-state index is 0.100. The summed E-state index contributed by atoms with van der Waals surface area (Å²) in [7, 11) is 0. The summed E-state index contributed by atoms with van der Waals surface area (Å²) >= 11 is 0. The fraction of sp³-hybridized carbons (Fsp3) is 0.500. The Hall–Kier alpha value is -2.61. The number of aliphatic hydroxyl groups excluding tert-OH is 2. The lowest BCUT2D eigenvalue weighted by atomic mass is 9.87. The van der Waals surface area contributed by atoms with Crippen LogP contribution in [0.5, 0.6) is 11.5 Å². The lowest BCUT2D eigenvalue weighted by Gasteiger charge is -2.30. The summed E-state index contributed by atoms with van der Waals surface area (Å²) in [4.78, 5) is 12.5. The maximum absolute atomic E-state index is 12.5. The Balaban J connectivity index is 1.96. The van der Waals surface area contributed by atoms with Crippen LogP contribution in [0.15, 0.2) is 42.5 Å². The summed E-state index contributed by atoms with van der Waals surface area (Å²) in [5, 5.41) is 45.5. The van der Waals surface area contributed by atoms with Gasteiger partial charge in [0.2, 0.25) is 5.91 Å². The predicted octanol–water partition coefficient (Wildman–Crippen LogP) is 2.81. The van der Waals surface area contributed by atoms with E-state index in [1.54, 1.807) is 0 Å². The van der Waals surface area contributed by atoms with E-state index in [0.29, 0.717) is 12.0 Å². The van der Waals surface area contributed by atoms with Gasteiger partial charge in [0.1, 0.15) is 11.5 Å². The van der Waals surface area contributed by atoms with Gasteiger partial charge in [-0.2, -0.15) is 0 Å². The SMILES string of the molecule is CC(C)(Cc1cccc(CC(=O)N[C@H](CO)C(C)(C)C)c1)NCC(O)c1cc(O)cc(O)c1. The van der Waals surface area contributed by atoms with E-state index < -0.39 is 6.10 Å². The average Bonchev–Trinajstić information content (AvgIpc) is 2.68. The second kappa shape index (κ2) is 11.0. The van der Waals surface area contributed by atoms with Crippen molar-refractivity contribution < 1.29 is 25.2 Å². The molecule has 0 aliphatic heterocycles. The number of aromatic hydroxyl groups is 2. The van der Waals surface area contributed by atoms with Crippen molar-refractivity contribution in [3.63, 3.8) is 0 Å². The molecule has 33 heavy (non-hydrogen) atoms. The van der Waals surface area contributed by atoms with Gasteiger partial charge < -0.3 is 31.1 Å². The Morgan fingerprint density at radius 3 is 2.15 bits per heavy atom. The van der Waals surface area contributed by atoms with Gasteiger partial charge in [-0.05, 0) is 54.5 Å². The topological polar surface area (TPSA) is 122 Å². The van der Waals surface area contributed by atoms with Gasteiger partial charge in [0, 0.05) is 18.2 Å². The highest BCUT2D eigenvalue weighted by atomic mass is 16.3. The molecule has 0 saturated carbocycles. The van der Waals surface area contributed by atoms with E-state index in [2.05, 4.69) is 10.6 Å². The van der Waals surface area contributed by atoms with Gasteiger partial charge in [-0.15, -0.1) is 0 Å². The average molecular weight is 459 g/mol. The maximum atomic E-state index is 12.5. The third kappa shape index (κ3) is 8.68. The van der Waals surface area contributed by atoms with Crippen LogP contribution >= 0.6 is 0 Å². The van der Waals surface area contributed by atoms with Gasteiger partial charge in [-0.3, -0.25) is 4.79 Å². The quantitative estimate of drug-likeness (QED) is 0.326. The van der Waals surface area contributed by atoms with Crippen LogP contribution < -0.4 is 10.6 Å². The molecule has 0 aliphatic carbocycles. The highest BCUT2D eigenvalue weighted by molar-refractivity contribution is 5.79. The molecule has 2 atom stereocenters. The molecular weight excluding hydrogens is 420 g/mol. The Kier molecular flexibility index (Phi) is 8.89. The van der Waals surface area contributed by atoms with Gasteiger partial charge in [-0.1, -0.05) is 45.0 Å².